The lowest BCUT2D eigenvalue weighted by atomic mass is 9.68. The molecule has 76 valence electrons. The van der Waals surface area contributed by atoms with Crippen LogP contribution in [0, 0.1) is 17.8 Å². The first-order valence-corrected chi connectivity index (χ1v) is 6.23. The molecule has 1 saturated heterocycles. The van der Waals surface area contributed by atoms with Crippen LogP contribution in [-0.2, 0) is 15.8 Å². The third-order valence-corrected chi connectivity index (χ3v) is 5.60. The lowest BCUT2D eigenvalue weighted by Gasteiger charge is -2.38. The first-order valence-electron chi connectivity index (χ1n) is 5.07. The maximum atomic E-state index is 11.9. The zero-order valence-corrected chi connectivity index (χ0v) is 8.87. The molecule has 0 spiro atoms. The van der Waals surface area contributed by atoms with Crippen molar-refractivity contribution in [2.75, 3.05) is 7.05 Å². The second-order valence-corrected chi connectivity index (χ2v) is 6.04. The van der Waals surface area contributed by atoms with Crippen molar-refractivity contribution in [1.82, 2.24) is 4.31 Å². The van der Waals surface area contributed by atoms with Crippen molar-refractivity contribution in [3.63, 3.8) is 0 Å². The molecule has 4 heteroatoms. The Balaban J connectivity index is 2.07. The molecule has 0 N–H and O–H groups in total. The Bertz CT molecular complexity index is 320. The van der Waals surface area contributed by atoms with Gasteiger partial charge in [-0.05, 0) is 24.7 Å². The summed E-state index contributed by atoms with van der Waals surface area (Å²) in [5.41, 5.74) is 0. The van der Waals surface area contributed by atoms with E-state index in [-0.39, 0.29) is 17.1 Å². The molecular weight excluding hydrogens is 198 g/mol. The number of nitrogens with zero attached hydrogens (tertiary/aromatic N) is 1. The predicted molar refractivity (Wildman–Crippen MR) is 53.5 cm³/mol. The fourth-order valence-electron chi connectivity index (χ4n) is 3.03. The summed E-state index contributed by atoms with van der Waals surface area (Å²) in [4.78, 5) is 11.8. The number of fused-ring (bicyclic) bond motifs is 1. The van der Waals surface area contributed by atoms with Gasteiger partial charge >= 0.3 is 0 Å². The van der Waals surface area contributed by atoms with E-state index in [9.17, 15) is 9.00 Å². The fraction of sp³-hybridized carbons (Fsp3) is 0.700. The van der Waals surface area contributed by atoms with E-state index in [1.807, 2.05) is 0 Å². The highest BCUT2D eigenvalue weighted by Gasteiger charge is 2.54. The maximum Gasteiger partial charge on any atom is 0.239 e. The standard InChI is InChI=1S/C10H13NO2S/c1-11-10(12)8-6-2-4-7(5-3-6)9(8)14(11)13/h2,4,6-9H,3,5H2,1H3. The molecule has 2 fully saturated rings. The molecule has 0 radical (unpaired) electrons. The van der Waals surface area contributed by atoms with Gasteiger partial charge in [-0.15, -0.1) is 0 Å². The molecule has 3 aliphatic carbocycles. The highest BCUT2D eigenvalue weighted by Crippen LogP contribution is 2.47. The molecule has 3 nitrogen and oxygen atoms in total. The molecule has 0 aromatic heterocycles. The summed E-state index contributed by atoms with van der Waals surface area (Å²) in [5.74, 6) is 0.836. The molecule has 2 bridgehead atoms. The fourth-order valence-corrected chi connectivity index (χ4v) is 4.78. The minimum Gasteiger partial charge on any atom is -0.274 e. The number of hydrogen-bond donors (Lipinski definition) is 0. The Kier molecular flexibility index (Phi) is 1.66. The van der Waals surface area contributed by atoms with Crippen LogP contribution >= 0.6 is 0 Å². The van der Waals surface area contributed by atoms with Crippen molar-refractivity contribution in [3.05, 3.63) is 12.2 Å². The van der Waals surface area contributed by atoms with E-state index >= 15 is 0 Å². The van der Waals surface area contributed by atoms with Gasteiger partial charge in [-0.3, -0.25) is 9.10 Å². The highest BCUT2D eigenvalue weighted by atomic mass is 32.2. The quantitative estimate of drug-likeness (QED) is 0.553. The van der Waals surface area contributed by atoms with Crippen LogP contribution in [0.25, 0.3) is 0 Å². The molecule has 14 heavy (non-hydrogen) atoms. The summed E-state index contributed by atoms with van der Waals surface area (Å²) < 4.78 is 13.4. The van der Waals surface area contributed by atoms with Gasteiger partial charge in [0.15, 0.2) is 0 Å². The zero-order valence-electron chi connectivity index (χ0n) is 8.05. The topological polar surface area (TPSA) is 37.4 Å². The monoisotopic (exact) mass is 211 g/mol. The Labute approximate surface area is 85.7 Å². The highest BCUT2D eigenvalue weighted by molar-refractivity contribution is 7.84. The maximum absolute atomic E-state index is 11.9. The van der Waals surface area contributed by atoms with Crippen molar-refractivity contribution in [2.24, 2.45) is 17.8 Å². The molecule has 1 saturated carbocycles. The predicted octanol–water partition coefficient (Wildman–Crippen LogP) is 0.703. The molecule has 1 heterocycles. The summed E-state index contributed by atoms with van der Waals surface area (Å²) in [7, 11) is 0.582. The van der Waals surface area contributed by atoms with E-state index in [1.54, 1.807) is 7.05 Å². The van der Waals surface area contributed by atoms with E-state index in [4.69, 9.17) is 0 Å². The number of rotatable bonds is 0. The summed E-state index contributed by atoms with van der Waals surface area (Å²) in [5, 5.41) is 0.0799. The molecule has 0 aromatic rings. The number of carbonyl (C=O) groups is 1. The van der Waals surface area contributed by atoms with Gasteiger partial charge in [0.25, 0.3) is 0 Å². The van der Waals surface area contributed by atoms with Gasteiger partial charge in [0.1, 0.15) is 11.0 Å². The van der Waals surface area contributed by atoms with E-state index in [2.05, 4.69) is 12.2 Å². The molecule has 5 atom stereocenters. The minimum absolute atomic E-state index is 0.0181. The molecule has 0 aromatic carbocycles. The van der Waals surface area contributed by atoms with Gasteiger partial charge in [0, 0.05) is 7.05 Å². The Morgan fingerprint density at radius 3 is 2.57 bits per heavy atom. The van der Waals surface area contributed by atoms with Crippen LogP contribution in [0.5, 0.6) is 0 Å². The number of allylic oxidation sites excluding steroid dienone is 2. The van der Waals surface area contributed by atoms with Crippen LogP contribution in [0.3, 0.4) is 0 Å². The van der Waals surface area contributed by atoms with E-state index in [0.717, 1.165) is 12.8 Å². The Morgan fingerprint density at radius 1 is 1.36 bits per heavy atom. The minimum atomic E-state index is -1.08. The first kappa shape index (κ1) is 8.65. The van der Waals surface area contributed by atoms with Crippen molar-refractivity contribution < 1.29 is 9.00 Å². The van der Waals surface area contributed by atoms with Gasteiger partial charge in [0.2, 0.25) is 5.91 Å². The smallest absolute Gasteiger partial charge is 0.239 e. The molecule has 1 amide bonds. The zero-order chi connectivity index (χ0) is 9.87. The largest absolute Gasteiger partial charge is 0.274 e. The van der Waals surface area contributed by atoms with E-state index in [0.29, 0.717) is 11.8 Å². The van der Waals surface area contributed by atoms with Crippen LogP contribution in [0.4, 0.5) is 0 Å². The molecular formula is C10H13NO2S. The Hall–Kier alpha value is -0.640. The van der Waals surface area contributed by atoms with Crippen LogP contribution in [0.1, 0.15) is 12.8 Å². The molecule has 1 aliphatic heterocycles. The summed E-state index contributed by atoms with van der Waals surface area (Å²) in [6, 6.07) is 0. The first-order chi connectivity index (χ1) is 6.70. The van der Waals surface area contributed by atoms with Crippen LogP contribution < -0.4 is 0 Å². The number of amides is 1. The SMILES string of the molecule is CN1C(=O)C2C3C=CC(CC3)C2S1=O. The lowest BCUT2D eigenvalue weighted by Crippen LogP contribution is -2.41. The third kappa shape index (κ3) is 0.874. The van der Waals surface area contributed by atoms with Gasteiger partial charge in [-0.1, -0.05) is 12.2 Å². The second kappa shape index (κ2) is 2.69. The number of carbonyl (C=O) groups excluding carboxylic acids is 1. The Morgan fingerprint density at radius 2 is 2.00 bits per heavy atom. The van der Waals surface area contributed by atoms with Crippen molar-refractivity contribution in [2.45, 2.75) is 18.1 Å². The summed E-state index contributed by atoms with van der Waals surface area (Å²) in [6.45, 7) is 0. The van der Waals surface area contributed by atoms with Gasteiger partial charge in [0.05, 0.1) is 11.2 Å². The third-order valence-electron chi connectivity index (χ3n) is 3.77. The average Bonchev–Trinajstić information content (AvgIpc) is 2.47. The van der Waals surface area contributed by atoms with Crippen molar-refractivity contribution >= 4 is 16.9 Å². The van der Waals surface area contributed by atoms with Gasteiger partial charge in [-0.25, -0.2) is 4.21 Å². The van der Waals surface area contributed by atoms with E-state index in [1.165, 1.54) is 4.31 Å². The van der Waals surface area contributed by atoms with Gasteiger partial charge in [-0.2, -0.15) is 0 Å². The van der Waals surface area contributed by atoms with Crippen molar-refractivity contribution in [1.29, 1.82) is 0 Å². The van der Waals surface area contributed by atoms with Crippen LogP contribution in [0.15, 0.2) is 12.2 Å². The average molecular weight is 211 g/mol. The van der Waals surface area contributed by atoms with Crippen LogP contribution in [0.2, 0.25) is 0 Å². The normalized spacial score (nSPS) is 49.9. The molecule has 5 unspecified atom stereocenters. The number of hydrogen-bond acceptors (Lipinski definition) is 2. The van der Waals surface area contributed by atoms with E-state index < -0.39 is 11.0 Å². The molecule has 4 aliphatic rings. The van der Waals surface area contributed by atoms with Crippen molar-refractivity contribution in [3.8, 4) is 0 Å². The second-order valence-electron chi connectivity index (χ2n) is 4.39. The summed E-state index contributed by atoms with van der Waals surface area (Å²) in [6.07, 6.45) is 6.53. The molecule has 4 rings (SSSR count). The lowest BCUT2D eigenvalue weighted by molar-refractivity contribution is -0.130. The summed E-state index contributed by atoms with van der Waals surface area (Å²) >= 11 is 0. The van der Waals surface area contributed by atoms with Crippen LogP contribution in [-0.4, -0.2) is 26.7 Å². The van der Waals surface area contributed by atoms with Gasteiger partial charge < -0.3 is 0 Å².